The zero-order valence-electron chi connectivity index (χ0n) is 11.3. The number of nitrogens with one attached hydrogen (secondary N) is 1. The van der Waals surface area contributed by atoms with Crippen molar-refractivity contribution in [2.45, 2.75) is 33.9 Å². The van der Waals surface area contributed by atoms with Gasteiger partial charge in [-0.1, -0.05) is 0 Å². The van der Waals surface area contributed by atoms with E-state index >= 15 is 0 Å². The monoisotopic (exact) mass is 223 g/mol. The van der Waals surface area contributed by atoms with E-state index in [4.69, 9.17) is 0 Å². The van der Waals surface area contributed by atoms with E-state index in [1.54, 1.807) is 0 Å². The van der Waals surface area contributed by atoms with Crippen molar-refractivity contribution in [2.24, 2.45) is 0 Å². The van der Waals surface area contributed by atoms with Crippen LogP contribution in [-0.2, 0) is 13.1 Å². The highest BCUT2D eigenvalue weighted by Crippen LogP contribution is 2.14. The van der Waals surface area contributed by atoms with E-state index in [1.807, 2.05) is 0 Å². The van der Waals surface area contributed by atoms with Crippen LogP contribution >= 0.6 is 0 Å². The first-order chi connectivity index (χ1) is 7.56. The predicted molar refractivity (Wildman–Crippen MR) is 69.8 cm³/mol. The first kappa shape index (κ1) is 13.3. The molecule has 0 bridgehead atoms. The van der Waals surface area contributed by atoms with Gasteiger partial charge < -0.3 is 14.8 Å². The molecule has 3 heteroatoms. The maximum atomic E-state index is 3.48. The van der Waals surface area contributed by atoms with Crippen molar-refractivity contribution in [2.75, 3.05) is 27.2 Å². The number of nitrogens with zero attached hydrogens (tertiary/aromatic N) is 2. The maximum absolute atomic E-state index is 3.48. The number of hydrogen-bond acceptors (Lipinski definition) is 2. The van der Waals surface area contributed by atoms with Crippen molar-refractivity contribution in [3.8, 4) is 0 Å². The molecule has 1 aromatic rings. The summed E-state index contributed by atoms with van der Waals surface area (Å²) < 4.78 is 2.36. The van der Waals surface area contributed by atoms with Gasteiger partial charge in [0.15, 0.2) is 0 Å². The third-order valence-corrected chi connectivity index (χ3v) is 3.05. The van der Waals surface area contributed by atoms with E-state index in [-0.39, 0.29) is 0 Å². The molecule has 0 unspecified atom stereocenters. The normalized spacial score (nSPS) is 11.4. The average Bonchev–Trinajstić information content (AvgIpc) is 2.48. The molecule has 0 atom stereocenters. The number of aryl methyl sites for hydroxylation is 1. The quantitative estimate of drug-likeness (QED) is 0.742. The van der Waals surface area contributed by atoms with Crippen molar-refractivity contribution < 1.29 is 0 Å². The second kappa shape index (κ2) is 6.06. The fourth-order valence-electron chi connectivity index (χ4n) is 2.06. The fourth-order valence-corrected chi connectivity index (χ4v) is 2.06. The molecule has 0 fully saturated rings. The van der Waals surface area contributed by atoms with Crippen LogP contribution < -0.4 is 5.32 Å². The summed E-state index contributed by atoms with van der Waals surface area (Å²) >= 11 is 0. The third kappa shape index (κ3) is 3.35. The highest BCUT2D eigenvalue weighted by Gasteiger charge is 2.06. The molecule has 1 N–H and O–H groups in total. The van der Waals surface area contributed by atoms with Gasteiger partial charge in [0.25, 0.3) is 0 Å². The number of likely N-dealkylation sites (N-methyl/N-ethyl adjacent to an activating group) is 1. The highest BCUT2D eigenvalue weighted by atomic mass is 15.1. The fraction of sp³-hybridized carbons (Fsp3) is 0.692. The molecule has 1 aromatic heterocycles. The van der Waals surface area contributed by atoms with Crippen molar-refractivity contribution in [1.29, 1.82) is 0 Å². The Labute approximate surface area is 99.4 Å². The molecule has 0 aromatic carbocycles. The molecule has 1 rings (SSSR count). The lowest BCUT2D eigenvalue weighted by Gasteiger charge is -2.10. The first-order valence-electron chi connectivity index (χ1n) is 6.07. The van der Waals surface area contributed by atoms with Gasteiger partial charge in [-0.15, -0.1) is 0 Å². The van der Waals surface area contributed by atoms with Gasteiger partial charge in [0.1, 0.15) is 0 Å². The minimum Gasteiger partial charge on any atom is -0.349 e. The lowest BCUT2D eigenvalue weighted by atomic mass is 10.2. The molecule has 92 valence electrons. The van der Waals surface area contributed by atoms with Crippen LogP contribution in [0.4, 0.5) is 0 Å². The standard InChI is InChI=1S/C13H25N3/c1-6-16-11(2)9-13(12(16)3)10-14-7-8-15(4)5/h9,14H,6-8,10H2,1-5H3. The van der Waals surface area contributed by atoms with Crippen molar-refractivity contribution in [3.05, 3.63) is 23.0 Å². The average molecular weight is 223 g/mol. The van der Waals surface area contributed by atoms with Gasteiger partial charge in [-0.05, 0) is 46.5 Å². The Bertz CT molecular complexity index is 326. The van der Waals surface area contributed by atoms with Crippen LogP contribution in [0.3, 0.4) is 0 Å². The highest BCUT2D eigenvalue weighted by molar-refractivity contribution is 5.26. The van der Waals surface area contributed by atoms with Crippen LogP contribution in [-0.4, -0.2) is 36.7 Å². The molecule has 0 saturated heterocycles. The van der Waals surface area contributed by atoms with Crippen LogP contribution in [0, 0.1) is 13.8 Å². The molecule has 0 aliphatic heterocycles. The summed E-state index contributed by atoms with van der Waals surface area (Å²) in [6.45, 7) is 10.8. The summed E-state index contributed by atoms with van der Waals surface area (Å²) in [7, 11) is 4.20. The van der Waals surface area contributed by atoms with E-state index in [2.05, 4.69) is 55.7 Å². The van der Waals surface area contributed by atoms with Crippen molar-refractivity contribution in [1.82, 2.24) is 14.8 Å². The zero-order chi connectivity index (χ0) is 12.1. The summed E-state index contributed by atoms with van der Waals surface area (Å²) in [6.07, 6.45) is 0. The largest absolute Gasteiger partial charge is 0.349 e. The number of aromatic nitrogens is 1. The van der Waals surface area contributed by atoms with Crippen LogP contribution in [0.1, 0.15) is 23.9 Å². The minimum atomic E-state index is 0.980. The lowest BCUT2D eigenvalue weighted by molar-refractivity contribution is 0.400. The van der Waals surface area contributed by atoms with Gasteiger partial charge >= 0.3 is 0 Å². The van der Waals surface area contributed by atoms with Crippen LogP contribution in [0.2, 0.25) is 0 Å². The van der Waals surface area contributed by atoms with Gasteiger partial charge in [0.2, 0.25) is 0 Å². The van der Waals surface area contributed by atoms with Gasteiger partial charge in [0, 0.05) is 37.6 Å². The Morgan fingerprint density at radius 2 is 2.00 bits per heavy atom. The third-order valence-electron chi connectivity index (χ3n) is 3.05. The lowest BCUT2D eigenvalue weighted by Crippen LogP contribution is -2.26. The zero-order valence-corrected chi connectivity index (χ0v) is 11.3. The molecule has 3 nitrogen and oxygen atoms in total. The molecule has 0 spiro atoms. The molecular formula is C13H25N3. The topological polar surface area (TPSA) is 20.2 Å². The molecular weight excluding hydrogens is 198 g/mol. The summed E-state index contributed by atoms with van der Waals surface area (Å²) in [5.41, 5.74) is 4.19. The summed E-state index contributed by atoms with van der Waals surface area (Å²) in [4.78, 5) is 2.20. The first-order valence-corrected chi connectivity index (χ1v) is 6.07. The SMILES string of the molecule is CCn1c(C)cc(CNCCN(C)C)c1C. The predicted octanol–water partition coefficient (Wildman–Crippen LogP) is 1.78. The molecule has 0 aliphatic carbocycles. The Morgan fingerprint density at radius 3 is 2.50 bits per heavy atom. The van der Waals surface area contributed by atoms with Gasteiger partial charge in [0.05, 0.1) is 0 Å². The van der Waals surface area contributed by atoms with Gasteiger partial charge in [-0.25, -0.2) is 0 Å². The summed E-state index contributed by atoms with van der Waals surface area (Å²) in [5.74, 6) is 0. The molecule has 1 heterocycles. The van der Waals surface area contributed by atoms with E-state index < -0.39 is 0 Å². The van der Waals surface area contributed by atoms with E-state index in [9.17, 15) is 0 Å². The van der Waals surface area contributed by atoms with Crippen LogP contribution in [0.25, 0.3) is 0 Å². The second-order valence-corrected chi connectivity index (χ2v) is 4.62. The Morgan fingerprint density at radius 1 is 1.31 bits per heavy atom. The number of hydrogen-bond donors (Lipinski definition) is 1. The molecule has 0 aliphatic rings. The summed E-state index contributed by atoms with van der Waals surface area (Å²) in [5, 5.41) is 3.48. The Balaban J connectivity index is 2.48. The molecule has 0 amide bonds. The second-order valence-electron chi connectivity index (χ2n) is 4.62. The van der Waals surface area contributed by atoms with Crippen LogP contribution in [0.15, 0.2) is 6.07 Å². The van der Waals surface area contributed by atoms with Crippen LogP contribution in [0.5, 0.6) is 0 Å². The Hall–Kier alpha value is -0.800. The van der Waals surface area contributed by atoms with Crippen molar-refractivity contribution in [3.63, 3.8) is 0 Å². The Kier molecular flexibility index (Phi) is 5.03. The van der Waals surface area contributed by atoms with E-state index in [1.165, 1.54) is 17.0 Å². The van der Waals surface area contributed by atoms with Gasteiger partial charge in [-0.2, -0.15) is 0 Å². The molecule has 0 radical (unpaired) electrons. The smallest absolute Gasteiger partial charge is 0.0223 e. The van der Waals surface area contributed by atoms with Gasteiger partial charge in [-0.3, -0.25) is 0 Å². The molecule has 0 saturated carbocycles. The summed E-state index contributed by atoms with van der Waals surface area (Å²) in [6, 6.07) is 2.29. The van der Waals surface area contributed by atoms with E-state index in [0.29, 0.717) is 0 Å². The minimum absolute atomic E-state index is 0.980. The van der Waals surface area contributed by atoms with E-state index in [0.717, 1.165) is 26.2 Å². The van der Waals surface area contributed by atoms with Crippen molar-refractivity contribution >= 4 is 0 Å². The maximum Gasteiger partial charge on any atom is 0.0223 e. The number of rotatable bonds is 6. The molecule has 16 heavy (non-hydrogen) atoms.